The van der Waals surface area contributed by atoms with E-state index in [1.807, 2.05) is 36.4 Å². The number of hydrogen-bond acceptors (Lipinski definition) is 3. The van der Waals surface area contributed by atoms with Crippen molar-refractivity contribution in [3.05, 3.63) is 71.8 Å². The van der Waals surface area contributed by atoms with Crippen molar-refractivity contribution in [2.24, 2.45) is 0 Å². The van der Waals surface area contributed by atoms with Gasteiger partial charge in [-0.25, -0.2) is 0 Å². The van der Waals surface area contributed by atoms with E-state index in [0.717, 1.165) is 19.5 Å². The second kappa shape index (κ2) is 10.4. The van der Waals surface area contributed by atoms with Gasteiger partial charge in [0.05, 0.1) is 0 Å². The Kier molecular flexibility index (Phi) is 7.86. The highest BCUT2D eigenvalue weighted by Crippen LogP contribution is 2.05. The van der Waals surface area contributed by atoms with Crippen molar-refractivity contribution in [2.75, 3.05) is 20.1 Å². The Balaban J connectivity index is 1.57. The van der Waals surface area contributed by atoms with Crippen molar-refractivity contribution in [3.8, 4) is 0 Å². The Labute approximate surface area is 149 Å². The number of carbonyl (C=O) groups is 2. The lowest BCUT2D eigenvalue weighted by atomic mass is 10.1. The van der Waals surface area contributed by atoms with E-state index in [2.05, 4.69) is 29.4 Å². The van der Waals surface area contributed by atoms with E-state index in [1.54, 1.807) is 12.1 Å². The van der Waals surface area contributed by atoms with Crippen molar-refractivity contribution < 1.29 is 9.59 Å². The molecule has 0 bridgehead atoms. The third-order valence-corrected chi connectivity index (χ3v) is 4.01. The number of amides is 1. The summed E-state index contributed by atoms with van der Waals surface area (Å²) < 4.78 is 0. The largest absolute Gasteiger partial charge is 0.356 e. The normalized spacial score (nSPS) is 10.6. The predicted molar refractivity (Wildman–Crippen MR) is 100 cm³/mol. The zero-order valence-corrected chi connectivity index (χ0v) is 14.8. The van der Waals surface area contributed by atoms with Gasteiger partial charge in [0.25, 0.3) is 0 Å². The molecule has 0 unspecified atom stereocenters. The molecule has 25 heavy (non-hydrogen) atoms. The Morgan fingerprint density at radius 3 is 2.24 bits per heavy atom. The molecule has 4 heteroatoms. The maximum absolute atomic E-state index is 12.0. The third kappa shape index (κ3) is 7.31. The van der Waals surface area contributed by atoms with Crippen LogP contribution < -0.4 is 5.32 Å². The zero-order chi connectivity index (χ0) is 17.9. The molecule has 132 valence electrons. The molecule has 0 spiro atoms. The fourth-order valence-electron chi connectivity index (χ4n) is 2.63. The average molecular weight is 338 g/mol. The number of nitrogens with zero attached hydrogens (tertiary/aromatic N) is 1. The molecule has 4 nitrogen and oxygen atoms in total. The number of hydrogen-bond donors (Lipinski definition) is 1. The van der Waals surface area contributed by atoms with Gasteiger partial charge in [-0.05, 0) is 25.6 Å². The van der Waals surface area contributed by atoms with E-state index >= 15 is 0 Å². The molecule has 2 aromatic rings. The Bertz CT molecular complexity index is 656. The van der Waals surface area contributed by atoms with Crippen molar-refractivity contribution in [2.45, 2.75) is 25.8 Å². The molecule has 0 aliphatic heterocycles. The summed E-state index contributed by atoms with van der Waals surface area (Å²) in [7, 11) is 2.08. The van der Waals surface area contributed by atoms with Crippen LogP contribution in [0.25, 0.3) is 0 Å². The number of benzene rings is 2. The molecule has 0 fully saturated rings. The van der Waals surface area contributed by atoms with Crippen molar-refractivity contribution >= 4 is 11.7 Å². The van der Waals surface area contributed by atoms with Crippen LogP contribution in [0.1, 0.15) is 35.2 Å². The minimum atomic E-state index is -0.0602. The molecule has 0 saturated heterocycles. The van der Waals surface area contributed by atoms with Gasteiger partial charge in [0.15, 0.2) is 5.78 Å². The summed E-state index contributed by atoms with van der Waals surface area (Å²) in [6, 6.07) is 19.4. The monoisotopic (exact) mass is 338 g/mol. The molecule has 1 amide bonds. The molecule has 0 aliphatic rings. The van der Waals surface area contributed by atoms with E-state index in [1.165, 1.54) is 5.56 Å². The highest BCUT2D eigenvalue weighted by atomic mass is 16.2. The van der Waals surface area contributed by atoms with E-state index in [4.69, 9.17) is 0 Å². The van der Waals surface area contributed by atoms with Crippen molar-refractivity contribution in [1.29, 1.82) is 0 Å². The maximum Gasteiger partial charge on any atom is 0.220 e. The molecular weight excluding hydrogens is 312 g/mol. The van der Waals surface area contributed by atoms with Gasteiger partial charge in [0.2, 0.25) is 5.91 Å². The van der Waals surface area contributed by atoms with Gasteiger partial charge in [-0.2, -0.15) is 0 Å². The van der Waals surface area contributed by atoms with Gasteiger partial charge in [-0.3, -0.25) is 9.59 Å². The molecular formula is C21H26N2O2. The van der Waals surface area contributed by atoms with Crippen LogP contribution >= 0.6 is 0 Å². The van der Waals surface area contributed by atoms with Crippen LogP contribution in [0.5, 0.6) is 0 Å². The molecule has 0 aromatic heterocycles. The van der Waals surface area contributed by atoms with Gasteiger partial charge >= 0.3 is 0 Å². The number of carbonyl (C=O) groups excluding carboxylic acids is 2. The van der Waals surface area contributed by atoms with Crippen LogP contribution in [0.3, 0.4) is 0 Å². The quantitative estimate of drug-likeness (QED) is 0.534. The molecule has 0 radical (unpaired) electrons. The van der Waals surface area contributed by atoms with Gasteiger partial charge < -0.3 is 10.2 Å². The number of rotatable bonds is 10. The Morgan fingerprint density at radius 1 is 0.920 bits per heavy atom. The summed E-state index contributed by atoms with van der Waals surface area (Å²) >= 11 is 0. The first-order valence-corrected chi connectivity index (χ1v) is 8.72. The Morgan fingerprint density at radius 2 is 1.56 bits per heavy atom. The highest BCUT2D eigenvalue weighted by Gasteiger charge is 2.08. The van der Waals surface area contributed by atoms with E-state index in [9.17, 15) is 9.59 Å². The maximum atomic E-state index is 12.0. The molecule has 0 heterocycles. The first-order chi connectivity index (χ1) is 12.1. The zero-order valence-electron chi connectivity index (χ0n) is 14.8. The topological polar surface area (TPSA) is 49.4 Å². The average Bonchev–Trinajstić information content (AvgIpc) is 2.65. The second-order valence-corrected chi connectivity index (χ2v) is 6.22. The van der Waals surface area contributed by atoms with Crippen molar-refractivity contribution in [1.82, 2.24) is 10.2 Å². The highest BCUT2D eigenvalue weighted by molar-refractivity contribution is 5.97. The Hall–Kier alpha value is -2.46. The van der Waals surface area contributed by atoms with E-state index in [-0.39, 0.29) is 24.5 Å². The minimum Gasteiger partial charge on any atom is -0.356 e. The van der Waals surface area contributed by atoms with Crippen LogP contribution in [0, 0.1) is 0 Å². The first kappa shape index (κ1) is 18.9. The van der Waals surface area contributed by atoms with Crippen LogP contribution in [0.2, 0.25) is 0 Å². The molecule has 2 rings (SSSR count). The van der Waals surface area contributed by atoms with Crippen molar-refractivity contribution in [3.63, 3.8) is 0 Å². The van der Waals surface area contributed by atoms with Crippen LogP contribution in [-0.2, 0) is 11.3 Å². The van der Waals surface area contributed by atoms with Gasteiger partial charge in [-0.1, -0.05) is 60.7 Å². The summed E-state index contributed by atoms with van der Waals surface area (Å²) in [4.78, 5) is 26.0. The standard InChI is InChI=1S/C21H26N2O2/c1-23(17-18-9-4-2-5-10-18)16-8-15-22-21(25)14-13-20(24)19-11-6-3-7-12-19/h2-7,9-12H,8,13-17H2,1H3,(H,22,25). The predicted octanol–water partition coefficient (Wildman–Crippen LogP) is 3.29. The molecule has 0 atom stereocenters. The molecule has 1 N–H and O–H groups in total. The van der Waals surface area contributed by atoms with Gasteiger partial charge in [0, 0.05) is 31.5 Å². The van der Waals surface area contributed by atoms with Crippen LogP contribution in [0.4, 0.5) is 0 Å². The lowest BCUT2D eigenvalue weighted by Crippen LogP contribution is -2.28. The summed E-state index contributed by atoms with van der Waals surface area (Å²) in [6.07, 6.45) is 1.39. The van der Waals surface area contributed by atoms with Gasteiger partial charge in [0.1, 0.15) is 0 Å². The van der Waals surface area contributed by atoms with Crippen LogP contribution in [0.15, 0.2) is 60.7 Å². The number of nitrogens with one attached hydrogen (secondary N) is 1. The summed E-state index contributed by atoms with van der Waals surface area (Å²) in [6.45, 7) is 2.45. The molecule has 2 aromatic carbocycles. The molecule has 0 saturated carbocycles. The van der Waals surface area contributed by atoms with Crippen LogP contribution in [-0.4, -0.2) is 36.7 Å². The summed E-state index contributed by atoms with van der Waals surface area (Å²) in [5.74, 6) is -0.0478. The first-order valence-electron chi connectivity index (χ1n) is 8.72. The fraction of sp³-hybridized carbons (Fsp3) is 0.333. The summed E-state index contributed by atoms with van der Waals surface area (Å²) in [5, 5.41) is 2.89. The van der Waals surface area contributed by atoms with Gasteiger partial charge in [-0.15, -0.1) is 0 Å². The van der Waals surface area contributed by atoms with E-state index < -0.39 is 0 Å². The summed E-state index contributed by atoms with van der Waals surface area (Å²) in [5.41, 5.74) is 1.95. The lowest BCUT2D eigenvalue weighted by Gasteiger charge is -2.16. The lowest BCUT2D eigenvalue weighted by molar-refractivity contribution is -0.121. The SMILES string of the molecule is CN(CCCNC(=O)CCC(=O)c1ccccc1)Cc1ccccc1. The van der Waals surface area contributed by atoms with E-state index in [0.29, 0.717) is 12.1 Å². The minimum absolute atomic E-state index is 0.0124. The number of ketones is 1. The third-order valence-electron chi connectivity index (χ3n) is 4.01. The number of Topliss-reactive ketones (excluding diaryl/α,β-unsaturated/α-hetero) is 1. The second-order valence-electron chi connectivity index (χ2n) is 6.22. The fourth-order valence-corrected chi connectivity index (χ4v) is 2.63. The molecule has 0 aliphatic carbocycles. The smallest absolute Gasteiger partial charge is 0.220 e.